The van der Waals surface area contributed by atoms with E-state index < -0.39 is 0 Å². The van der Waals surface area contributed by atoms with Gasteiger partial charge in [0.05, 0.1) is 18.0 Å². The van der Waals surface area contributed by atoms with Crippen molar-refractivity contribution in [3.63, 3.8) is 0 Å². The summed E-state index contributed by atoms with van der Waals surface area (Å²) < 4.78 is 10.5. The average Bonchev–Trinajstić information content (AvgIpc) is 1.90. The summed E-state index contributed by atoms with van der Waals surface area (Å²) in [5.74, 6) is 0. The Kier molecular flexibility index (Phi) is 2.95. The summed E-state index contributed by atoms with van der Waals surface area (Å²) in [6.45, 7) is 3.69. The van der Waals surface area contributed by atoms with E-state index in [-0.39, 0.29) is 6.29 Å². The molecule has 54 valence electrons. The molecule has 1 aliphatic heterocycles. The van der Waals surface area contributed by atoms with Gasteiger partial charge in [-0.3, -0.25) is 0 Å². The van der Waals surface area contributed by atoms with Gasteiger partial charge in [0.2, 0.25) is 0 Å². The fourth-order valence-electron chi connectivity index (χ4n) is 0.771. The van der Waals surface area contributed by atoms with E-state index in [9.17, 15) is 0 Å². The first kappa shape index (κ1) is 7.51. The minimum atomic E-state index is -0.0289. The number of rotatable bonds is 1. The van der Waals surface area contributed by atoms with Crippen molar-refractivity contribution >= 4 is 15.9 Å². The number of hydrogen-bond donors (Lipinski definition) is 0. The predicted molar refractivity (Wildman–Crippen MR) is 38.7 cm³/mol. The van der Waals surface area contributed by atoms with Crippen LogP contribution in [-0.4, -0.2) is 24.3 Å². The minimum absolute atomic E-state index is 0.0289. The van der Waals surface area contributed by atoms with Crippen molar-refractivity contribution in [2.75, 3.05) is 13.2 Å². The summed E-state index contributed by atoms with van der Waals surface area (Å²) >= 11 is 3.39. The normalized spacial score (nSPS) is 26.0. The van der Waals surface area contributed by atoms with Crippen LogP contribution in [0.4, 0.5) is 0 Å². The Labute approximate surface area is 63.7 Å². The molecule has 3 heteroatoms. The van der Waals surface area contributed by atoms with Crippen LogP contribution in [-0.2, 0) is 9.47 Å². The maximum absolute atomic E-state index is 5.27. The molecule has 0 amide bonds. The second-order valence-corrected chi connectivity index (χ2v) is 3.59. The molecule has 1 heterocycles. The fraction of sp³-hybridized carbons (Fsp3) is 1.00. The lowest BCUT2D eigenvalue weighted by Crippen LogP contribution is -2.30. The van der Waals surface area contributed by atoms with Crippen LogP contribution in [0.25, 0.3) is 0 Å². The zero-order chi connectivity index (χ0) is 6.69. The van der Waals surface area contributed by atoms with Crippen LogP contribution in [0.1, 0.15) is 13.3 Å². The van der Waals surface area contributed by atoms with Gasteiger partial charge >= 0.3 is 0 Å². The van der Waals surface area contributed by atoms with E-state index in [4.69, 9.17) is 9.47 Å². The fourth-order valence-corrected chi connectivity index (χ4v) is 1.08. The first-order valence-electron chi connectivity index (χ1n) is 3.18. The van der Waals surface area contributed by atoms with Crippen LogP contribution in [0.5, 0.6) is 0 Å². The minimum Gasteiger partial charge on any atom is -0.351 e. The summed E-state index contributed by atoms with van der Waals surface area (Å²) in [4.78, 5) is 0.304. The van der Waals surface area contributed by atoms with Crippen LogP contribution in [0.15, 0.2) is 0 Å². The molecule has 2 nitrogen and oxygen atoms in total. The van der Waals surface area contributed by atoms with E-state index in [1.807, 2.05) is 6.92 Å². The molecule has 0 N–H and O–H groups in total. The number of hydrogen-bond acceptors (Lipinski definition) is 2. The molecule has 0 aromatic heterocycles. The van der Waals surface area contributed by atoms with Crippen molar-refractivity contribution in [3.05, 3.63) is 0 Å². The van der Waals surface area contributed by atoms with Gasteiger partial charge in [0, 0.05) is 0 Å². The highest BCUT2D eigenvalue weighted by Gasteiger charge is 2.18. The van der Waals surface area contributed by atoms with Gasteiger partial charge in [-0.05, 0) is 13.3 Å². The smallest absolute Gasteiger partial charge is 0.169 e. The highest BCUT2D eigenvalue weighted by atomic mass is 79.9. The van der Waals surface area contributed by atoms with Gasteiger partial charge in [0.1, 0.15) is 0 Å². The second kappa shape index (κ2) is 3.54. The Hall–Kier alpha value is 0.400. The first-order valence-corrected chi connectivity index (χ1v) is 4.09. The molecule has 0 bridgehead atoms. The van der Waals surface area contributed by atoms with Crippen molar-refractivity contribution in [2.45, 2.75) is 24.5 Å². The standard InChI is InChI=1S/C6H11BrO2/c1-5(7)6-8-3-2-4-9-6/h5-6H,2-4H2,1H3. The molecular formula is C6H11BrO2. The van der Waals surface area contributed by atoms with Gasteiger partial charge in [-0.1, -0.05) is 15.9 Å². The van der Waals surface area contributed by atoms with Gasteiger partial charge in [-0.25, -0.2) is 0 Å². The van der Waals surface area contributed by atoms with Gasteiger partial charge in [-0.2, -0.15) is 0 Å². The lowest BCUT2D eigenvalue weighted by Gasteiger charge is -2.24. The summed E-state index contributed by atoms with van der Waals surface area (Å²) in [7, 11) is 0. The highest BCUT2D eigenvalue weighted by molar-refractivity contribution is 9.09. The quantitative estimate of drug-likeness (QED) is 0.590. The summed E-state index contributed by atoms with van der Waals surface area (Å²) in [6.07, 6.45) is 0.995. The molecule has 0 saturated carbocycles. The van der Waals surface area contributed by atoms with Crippen LogP contribution < -0.4 is 0 Å². The van der Waals surface area contributed by atoms with Crippen LogP contribution in [0, 0.1) is 0 Å². The zero-order valence-corrected chi connectivity index (χ0v) is 7.06. The Morgan fingerprint density at radius 2 is 2.00 bits per heavy atom. The Morgan fingerprint density at radius 1 is 1.44 bits per heavy atom. The van der Waals surface area contributed by atoms with E-state index in [1.165, 1.54) is 0 Å². The molecule has 1 fully saturated rings. The lowest BCUT2D eigenvalue weighted by atomic mass is 10.4. The van der Waals surface area contributed by atoms with Crippen LogP contribution >= 0.6 is 15.9 Å². The van der Waals surface area contributed by atoms with E-state index in [0.717, 1.165) is 19.6 Å². The Bertz CT molecular complexity index is 79.1. The predicted octanol–water partition coefficient (Wildman–Crippen LogP) is 1.53. The van der Waals surface area contributed by atoms with Crippen LogP contribution in [0.2, 0.25) is 0 Å². The topological polar surface area (TPSA) is 18.5 Å². The molecule has 0 aliphatic carbocycles. The molecule has 1 rings (SSSR count). The van der Waals surface area contributed by atoms with E-state index in [1.54, 1.807) is 0 Å². The number of halogens is 1. The largest absolute Gasteiger partial charge is 0.351 e. The summed E-state index contributed by atoms with van der Waals surface area (Å²) in [6, 6.07) is 0. The van der Waals surface area contributed by atoms with Crippen molar-refractivity contribution < 1.29 is 9.47 Å². The van der Waals surface area contributed by atoms with Crippen molar-refractivity contribution in [1.82, 2.24) is 0 Å². The highest BCUT2D eigenvalue weighted by Crippen LogP contribution is 2.14. The van der Waals surface area contributed by atoms with Crippen molar-refractivity contribution in [1.29, 1.82) is 0 Å². The Morgan fingerprint density at radius 3 is 2.33 bits per heavy atom. The molecule has 0 radical (unpaired) electrons. The molecule has 0 aromatic rings. The van der Waals surface area contributed by atoms with E-state index >= 15 is 0 Å². The van der Waals surface area contributed by atoms with E-state index in [2.05, 4.69) is 15.9 Å². The van der Waals surface area contributed by atoms with Gasteiger partial charge < -0.3 is 9.47 Å². The SMILES string of the molecule is CC(Br)C1OCCCO1. The third kappa shape index (κ3) is 2.24. The number of alkyl halides is 1. The molecule has 9 heavy (non-hydrogen) atoms. The molecule has 1 atom stereocenters. The number of ether oxygens (including phenoxy) is 2. The van der Waals surface area contributed by atoms with Gasteiger partial charge in [0.25, 0.3) is 0 Å². The molecule has 0 spiro atoms. The second-order valence-electron chi connectivity index (χ2n) is 2.14. The average molecular weight is 195 g/mol. The summed E-state index contributed by atoms with van der Waals surface area (Å²) in [5, 5.41) is 0. The van der Waals surface area contributed by atoms with Crippen molar-refractivity contribution in [3.8, 4) is 0 Å². The first-order chi connectivity index (χ1) is 4.30. The van der Waals surface area contributed by atoms with Gasteiger partial charge in [-0.15, -0.1) is 0 Å². The lowest BCUT2D eigenvalue weighted by molar-refractivity contribution is -0.174. The monoisotopic (exact) mass is 194 g/mol. The van der Waals surface area contributed by atoms with Crippen molar-refractivity contribution in [2.24, 2.45) is 0 Å². The molecule has 0 aromatic carbocycles. The maximum atomic E-state index is 5.27. The molecular weight excluding hydrogens is 184 g/mol. The van der Waals surface area contributed by atoms with Crippen LogP contribution in [0.3, 0.4) is 0 Å². The molecule has 1 saturated heterocycles. The third-order valence-electron chi connectivity index (χ3n) is 1.23. The molecule has 1 aliphatic rings. The van der Waals surface area contributed by atoms with E-state index in [0.29, 0.717) is 4.83 Å². The Balaban J connectivity index is 2.23. The summed E-state index contributed by atoms with van der Waals surface area (Å²) in [5.41, 5.74) is 0. The maximum Gasteiger partial charge on any atom is 0.169 e. The van der Waals surface area contributed by atoms with Gasteiger partial charge in [0.15, 0.2) is 6.29 Å². The molecule has 1 unspecified atom stereocenters. The zero-order valence-electron chi connectivity index (χ0n) is 5.47. The third-order valence-corrected chi connectivity index (χ3v) is 1.66.